The lowest BCUT2D eigenvalue weighted by Gasteiger charge is -2.30. The first-order chi connectivity index (χ1) is 8.88. The summed E-state index contributed by atoms with van der Waals surface area (Å²) < 4.78 is 22.7. The van der Waals surface area contributed by atoms with Gasteiger partial charge in [0.2, 0.25) is 0 Å². The van der Waals surface area contributed by atoms with Crippen LogP contribution < -0.4 is 5.73 Å². The number of nitrogens with two attached hydrogens (primary N) is 1. The number of hydrogen-bond donors (Lipinski definition) is 1. The highest BCUT2D eigenvalue weighted by atomic mass is 32.2. The fourth-order valence-electron chi connectivity index (χ4n) is 2.22. The van der Waals surface area contributed by atoms with Crippen LogP contribution in [-0.2, 0) is 9.84 Å². The maximum atomic E-state index is 12.2. The Kier molecular flexibility index (Phi) is 3.91. The lowest BCUT2D eigenvalue weighted by molar-refractivity contribution is 0.0708. The minimum Gasteiger partial charge on any atom is -0.337 e. The van der Waals surface area contributed by atoms with E-state index in [1.807, 2.05) is 0 Å². The molecule has 1 aliphatic rings. The van der Waals surface area contributed by atoms with E-state index in [1.54, 1.807) is 17.0 Å². The Morgan fingerprint density at radius 2 is 1.95 bits per heavy atom. The van der Waals surface area contributed by atoms with Crippen molar-refractivity contribution < 1.29 is 13.2 Å². The minimum atomic E-state index is -3.22. The van der Waals surface area contributed by atoms with Gasteiger partial charge in [-0.1, -0.05) is 0 Å². The van der Waals surface area contributed by atoms with Gasteiger partial charge in [-0.15, -0.1) is 0 Å². The zero-order valence-corrected chi connectivity index (χ0v) is 11.7. The van der Waals surface area contributed by atoms with Crippen molar-refractivity contribution in [3.8, 4) is 0 Å². The van der Waals surface area contributed by atoms with E-state index in [0.29, 0.717) is 18.7 Å². The molecule has 0 aromatic heterocycles. The highest BCUT2D eigenvalue weighted by Crippen LogP contribution is 2.15. The number of likely N-dealkylation sites (tertiary alicyclic amines) is 1. The van der Waals surface area contributed by atoms with E-state index in [2.05, 4.69) is 0 Å². The molecule has 19 heavy (non-hydrogen) atoms. The molecule has 1 aromatic carbocycles. The van der Waals surface area contributed by atoms with Gasteiger partial charge in [0.05, 0.1) is 4.90 Å². The number of nitrogens with zero attached hydrogens (tertiary/aromatic N) is 1. The van der Waals surface area contributed by atoms with Crippen LogP contribution in [0.5, 0.6) is 0 Å². The van der Waals surface area contributed by atoms with Crippen molar-refractivity contribution in [3.63, 3.8) is 0 Å². The summed E-state index contributed by atoms with van der Waals surface area (Å²) in [5, 5.41) is 0. The molecule has 0 bridgehead atoms. The Morgan fingerprint density at radius 1 is 1.32 bits per heavy atom. The third-order valence-electron chi connectivity index (χ3n) is 3.27. The first-order valence-electron chi connectivity index (χ1n) is 6.23. The predicted octanol–water partition coefficient (Wildman–Crippen LogP) is 0.653. The molecule has 0 saturated carbocycles. The summed E-state index contributed by atoms with van der Waals surface area (Å²) in [7, 11) is -3.22. The zero-order valence-electron chi connectivity index (χ0n) is 10.9. The van der Waals surface area contributed by atoms with Crippen molar-refractivity contribution in [2.45, 2.75) is 23.8 Å². The fraction of sp³-hybridized carbons (Fsp3) is 0.462. The third kappa shape index (κ3) is 3.33. The second-order valence-corrected chi connectivity index (χ2v) is 6.97. The van der Waals surface area contributed by atoms with Gasteiger partial charge in [0, 0.05) is 31.0 Å². The number of amides is 1. The fourth-order valence-corrected chi connectivity index (χ4v) is 2.85. The summed E-state index contributed by atoms with van der Waals surface area (Å²) in [6, 6.07) is 6.07. The molecule has 0 radical (unpaired) electrons. The van der Waals surface area contributed by atoms with Crippen LogP contribution in [0.1, 0.15) is 23.2 Å². The molecule has 5 nitrogen and oxygen atoms in total. The molecule has 1 aliphatic heterocycles. The zero-order chi connectivity index (χ0) is 14.0. The molecule has 2 N–H and O–H groups in total. The van der Waals surface area contributed by atoms with E-state index in [1.165, 1.54) is 12.1 Å². The number of carbonyl (C=O) groups excluding carboxylic acids is 1. The van der Waals surface area contributed by atoms with Crippen molar-refractivity contribution in [3.05, 3.63) is 29.8 Å². The lowest BCUT2D eigenvalue weighted by atomic mass is 10.1. The van der Waals surface area contributed by atoms with Gasteiger partial charge in [-0.25, -0.2) is 8.42 Å². The highest BCUT2D eigenvalue weighted by Gasteiger charge is 2.22. The normalized spacial score (nSPS) is 20.3. The molecular formula is C13H18N2O3S. The van der Waals surface area contributed by atoms with Crippen molar-refractivity contribution >= 4 is 15.7 Å². The molecule has 0 unspecified atom stereocenters. The van der Waals surface area contributed by atoms with Crippen LogP contribution in [-0.4, -0.2) is 44.6 Å². The second kappa shape index (κ2) is 5.30. The number of carbonyl (C=O) groups is 1. The molecule has 0 aliphatic carbocycles. The van der Waals surface area contributed by atoms with Crippen LogP contribution in [0.2, 0.25) is 0 Å². The molecule has 104 valence electrons. The minimum absolute atomic E-state index is 0.0352. The van der Waals surface area contributed by atoms with Gasteiger partial charge in [-0.2, -0.15) is 0 Å². The average Bonchev–Trinajstić information content (AvgIpc) is 2.37. The van der Waals surface area contributed by atoms with Gasteiger partial charge in [-0.05, 0) is 37.1 Å². The molecular weight excluding hydrogens is 264 g/mol. The summed E-state index contributed by atoms with van der Waals surface area (Å²) >= 11 is 0. The standard InChI is InChI=1S/C13H18N2O3S/c1-19(17,18)12-6-4-10(5-7-12)13(16)15-8-2-3-11(14)9-15/h4-7,11H,2-3,8-9,14H2,1H3/t11-/m1/s1. The molecule has 0 spiro atoms. The van der Waals surface area contributed by atoms with E-state index < -0.39 is 9.84 Å². The topological polar surface area (TPSA) is 80.5 Å². The first-order valence-corrected chi connectivity index (χ1v) is 8.12. The Balaban J connectivity index is 2.16. The molecule has 2 rings (SSSR count). The van der Waals surface area contributed by atoms with Gasteiger partial charge in [0.25, 0.3) is 5.91 Å². The van der Waals surface area contributed by atoms with E-state index in [0.717, 1.165) is 19.1 Å². The van der Waals surface area contributed by atoms with Gasteiger partial charge < -0.3 is 10.6 Å². The molecule has 6 heteroatoms. The number of sulfone groups is 1. The number of piperidine rings is 1. The summed E-state index contributed by atoms with van der Waals surface area (Å²) in [5.41, 5.74) is 6.35. The molecule has 1 saturated heterocycles. The Bertz CT molecular complexity index is 566. The van der Waals surface area contributed by atoms with Crippen molar-refractivity contribution in [1.29, 1.82) is 0 Å². The third-order valence-corrected chi connectivity index (χ3v) is 4.40. The van der Waals surface area contributed by atoms with Crippen molar-refractivity contribution in [1.82, 2.24) is 4.90 Å². The second-order valence-electron chi connectivity index (χ2n) is 4.95. The summed E-state index contributed by atoms with van der Waals surface area (Å²) in [6.07, 6.45) is 3.00. The van der Waals surface area contributed by atoms with Crippen LogP contribution in [0.3, 0.4) is 0 Å². The lowest BCUT2D eigenvalue weighted by Crippen LogP contribution is -2.45. The van der Waals surface area contributed by atoms with Crippen LogP contribution >= 0.6 is 0 Å². The van der Waals surface area contributed by atoms with Crippen LogP contribution in [0.25, 0.3) is 0 Å². The summed E-state index contributed by atoms with van der Waals surface area (Å²) in [6.45, 7) is 1.27. The van der Waals surface area contributed by atoms with Gasteiger partial charge in [0.1, 0.15) is 0 Å². The smallest absolute Gasteiger partial charge is 0.253 e. The number of rotatable bonds is 2. The van der Waals surface area contributed by atoms with Crippen molar-refractivity contribution in [2.24, 2.45) is 5.73 Å². The summed E-state index contributed by atoms with van der Waals surface area (Å²) in [5.74, 6) is -0.0878. The van der Waals surface area contributed by atoms with Crippen molar-refractivity contribution in [2.75, 3.05) is 19.3 Å². The Morgan fingerprint density at radius 3 is 2.47 bits per heavy atom. The van der Waals surface area contributed by atoms with Gasteiger partial charge in [0.15, 0.2) is 9.84 Å². The molecule has 1 heterocycles. The maximum Gasteiger partial charge on any atom is 0.253 e. The maximum absolute atomic E-state index is 12.2. The van der Waals surface area contributed by atoms with E-state index in [9.17, 15) is 13.2 Å². The predicted molar refractivity (Wildman–Crippen MR) is 72.7 cm³/mol. The molecule has 1 atom stereocenters. The van der Waals surface area contributed by atoms with E-state index >= 15 is 0 Å². The van der Waals surface area contributed by atoms with E-state index in [4.69, 9.17) is 5.73 Å². The van der Waals surface area contributed by atoms with Crippen LogP contribution in [0.4, 0.5) is 0 Å². The summed E-state index contributed by atoms with van der Waals surface area (Å²) in [4.78, 5) is 14.2. The van der Waals surface area contributed by atoms with E-state index in [-0.39, 0.29) is 16.8 Å². The molecule has 1 fully saturated rings. The van der Waals surface area contributed by atoms with Gasteiger partial charge in [-0.3, -0.25) is 4.79 Å². The SMILES string of the molecule is CS(=O)(=O)c1ccc(C(=O)N2CCC[C@@H](N)C2)cc1. The number of benzene rings is 1. The highest BCUT2D eigenvalue weighted by molar-refractivity contribution is 7.90. The van der Waals surface area contributed by atoms with Crippen LogP contribution in [0, 0.1) is 0 Å². The quantitative estimate of drug-likeness (QED) is 0.864. The largest absolute Gasteiger partial charge is 0.337 e. The Hall–Kier alpha value is -1.40. The number of hydrogen-bond acceptors (Lipinski definition) is 4. The Labute approximate surface area is 113 Å². The molecule has 1 amide bonds. The molecule has 1 aromatic rings. The van der Waals surface area contributed by atoms with Gasteiger partial charge >= 0.3 is 0 Å². The monoisotopic (exact) mass is 282 g/mol. The average molecular weight is 282 g/mol. The van der Waals surface area contributed by atoms with Crippen LogP contribution in [0.15, 0.2) is 29.2 Å². The first kappa shape index (κ1) is 14.0.